The largest absolute Gasteiger partial charge is 0.324 e. The Kier molecular flexibility index (Phi) is 6.02. The number of benzene rings is 2. The third-order valence-corrected chi connectivity index (χ3v) is 6.70. The molecule has 2 aliphatic rings. The maximum atomic E-state index is 13.9. The molecule has 0 saturated carbocycles. The van der Waals surface area contributed by atoms with Crippen LogP contribution < -0.4 is 10.7 Å². The van der Waals surface area contributed by atoms with Crippen LogP contribution >= 0.6 is 0 Å². The van der Waals surface area contributed by atoms with Crippen LogP contribution in [0.3, 0.4) is 0 Å². The molecule has 4 nitrogen and oxygen atoms in total. The fraction of sp³-hybridized carbons (Fsp3) is 0.480. The highest BCUT2D eigenvalue weighted by Crippen LogP contribution is 2.50. The van der Waals surface area contributed by atoms with Gasteiger partial charge < -0.3 is 10.7 Å². The number of anilines is 2. The molecular formula is C25H31F2N3O. The molecule has 0 spiro atoms. The first-order chi connectivity index (χ1) is 14.8. The Balaban J connectivity index is 1.62. The van der Waals surface area contributed by atoms with Crippen molar-refractivity contribution in [2.45, 2.75) is 76.8 Å². The Hall–Kier alpha value is -2.47. The molecule has 1 unspecified atom stereocenters. The summed E-state index contributed by atoms with van der Waals surface area (Å²) in [5, 5.41) is 3.81. The van der Waals surface area contributed by atoms with E-state index in [0.29, 0.717) is 24.4 Å². The minimum absolute atomic E-state index is 0.0381. The Morgan fingerprint density at radius 2 is 2.00 bits per heavy atom. The van der Waals surface area contributed by atoms with E-state index in [4.69, 9.17) is 0 Å². The van der Waals surface area contributed by atoms with Gasteiger partial charge in [-0.2, -0.15) is 13.8 Å². The SMILES string of the molecule is CCC[C@@H]1CC(C)(C)c2cccc(NC(=O)C3CCc4ccccc4NN3C(F)F)c21. The van der Waals surface area contributed by atoms with E-state index in [2.05, 4.69) is 37.6 Å². The second-order valence-electron chi connectivity index (χ2n) is 9.34. The first-order valence-electron chi connectivity index (χ1n) is 11.2. The number of fused-ring (bicyclic) bond motifs is 2. The van der Waals surface area contributed by atoms with E-state index in [-0.39, 0.29) is 5.41 Å². The lowest BCUT2D eigenvalue weighted by Crippen LogP contribution is -2.49. The fourth-order valence-electron chi connectivity index (χ4n) is 5.28. The molecule has 0 bridgehead atoms. The number of nitrogens with one attached hydrogen (secondary N) is 2. The molecule has 0 saturated heterocycles. The van der Waals surface area contributed by atoms with Gasteiger partial charge >= 0.3 is 6.55 Å². The van der Waals surface area contributed by atoms with Gasteiger partial charge in [-0.15, -0.1) is 0 Å². The first kappa shape index (κ1) is 21.8. The van der Waals surface area contributed by atoms with Gasteiger partial charge in [0.1, 0.15) is 6.04 Å². The highest BCUT2D eigenvalue weighted by molar-refractivity contribution is 5.96. The van der Waals surface area contributed by atoms with Crippen LogP contribution in [0.25, 0.3) is 0 Å². The predicted octanol–water partition coefficient (Wildman–Crippen LogP) is 6.06. The zero-order valence-electron chi connectivity index (χ0n) is 18.4. The molecule has 1 heterocycles. The number of alkyl halides is 2. The smallest absolute Gasteiger partial charge is 0.311 e. The van der Waals surface area contributed by atoms with Crippen molar-refractivity contribution < 1.29 is 13.6 Å². The Bertz CT molecular complexity index is 960. The molecule has 0 radical (unpaired) electrons. The van der Waals surface area contributed by atoms with E-state index in [1.54, 1.807) is 12.1 Å². The van der Waals surface area contributed by atoms with E-state index < -0.39 is 18.5 Å². The van der Waals surface area contributed by atoms with Crippen molar-refractivity contribution in [1.29, 1.82) is 0 Å². The quantitative estimate of drug-likeness (QED) is 0.571. The molecule has 0 fully saturated rings. The van der Waals surface area contributed by atoms with Gasteiger partial charge in [0.2, 0.25) is 5.91 Å². The van der Waals surface area contributed by atoms with E-state index in [1.165, 1.54) is 11.1 Å². The number of carbonyl (C=O) groups is 1. The molecule has 4 rings (SSSR count). The van der Waals surface area contributed by atoms with Crippen LogP contribution in [0.1, 0.15) is 69.1 Å². The number of hydrogen-bond acceptors (Lipinski definition) is 3. The zero-order chi connectivity index (χ0) is 22.2. The molecule has 1 aliphatic carbocycles. The number of para-hydroxylation sites is 1. The van der Waals surface area contributed by atoms with Gasteiger partial charge in [0, 0.05) is 5.69 Å². The van der Waals surface area contributed by atoms with Crippen molar-refractivity contribution in [1.82, 2.24) is 5.01 Å². The second-order valence-corrected chi connectivity index (χ2v) is 9.34. The number of amides is 1. The molecule has 166 valence electrons. The number of aryl methyl sites for hydroxylation is 1. The second kappa shape index (κ2) is 8.58. The monoisotopic (exact) mass is 427 g/mol. The average Bonchev–Trinajstić information content (AvgIpc) is 2.88. The number of hydrogen-bond donors (Lipinski definition) is 2. The molecule has 2 aromatic rings. The van der Waals surface area contributed by atoms with Gasteiger partial charge in [0.05, 0.1) is 5.69 Å². The molecule has 6 heteroatoms. The van der Waals surface area contributed by atoms with E-state index >= 15 is 0 Å². The number of rotatable bonds is 5. The summed E-state index contributed by atoms with van der Waals surface area (Å²) in [6.45, 7) is 3.84. The van der Waals surface area contributed by atoms with Gasteiger partial charge in [0.25, 0.3) is 0 Å². The third kappa shape index (κ3) is 4.18. The standard InChI is InChI=1S/C25H31F2N3O/c1-4-8-17-15-25(2,3)18-10-7-12-20(22(17)18)28-23(31)21-14-13-16-9-5-6-11-19(16)29-30(21)24(26)27/h5-7,9-12,17,21,24,29H,4,8,13-15H2,1-3H3,(H,28,31)/t17-,21?/m1/s1. The highest BCUT2D eigenvalue weighted by Gasteiger charge is 2.39. The van der Waals surface area contributed by atoms with Crippen molar-refractivity contribution in [3.63, 3.8) is 0 Å². The Morgan fingerprint density at radius 1 is 1.23 bits per heavy atom. The van der Waals surface area contributed by atoms with Crippen LogP contribution in [0, 0.1) is 0 Å². The molecule has 2 aromatic carbocycles. The van der Waals surface area contributed by atoms with Gasteiger partial charge in [-0.3, -0.25) is 4.79 Å². The highest BCUT2D eigenvalue weighted by atomic mass is 19.3. The molecule has 2 N–H and O–H groups in total. The zero-order valence-corrected chi connectivity index (χ0v) is 18.4. The van der Waals surface area contributed by atoms with Gasteiger partial charge in [0.15, 0.2) is 0 Å². The summed E-state index contributed by atoms with van der Waals surface area (Å²) in [6.07, 6.45) is 4.02. The summed E-state index contributed by atoms with van der Waals surface area (Å²) in [7, 11) is 0. The predicted molar refractivity (Wildman–Crippen MR) is 120 cm³/mol. The van der Waals surface area contributed by atoms with Gasteiger partial charge in [-0.25, -0.2) is 0 Å². The Labute approximate surface area is 183 Å². The van der Waals surface area contributed by atoms with Crippen LogP contribution in [0.15, 0.2) is 42.5 Å². The molecule has 31 heavy (non-hydrogen) atoms. The number of nitrogens with zero attached hydrogens (tertiary/aromatic N) is 1. The Morgan fingerprint density at radius 3 is 2.74 bits per heavy atom. The van der Waals surface area contributed by atoms with E-state index in [1.807, 2.05) is 24.3 Å². The minimum Gasteiger partial charge on any atom is -0.324 e. The maximum Gasteiger partial charge on any atom is 0.311 e. The summed E-state index contributed by atoms with van der Waals surface area (Å²) < 4.78 is 27.8. The number of halogens is 2. The summed E-state index contributed by atoms with van der Waals surface area (Å²) in [4.78, 5) is 13.3. The van der Waals surface area contributed by atoms with E-state index in [9.17, 15) is 13.6 Å². The normalized spacial score (nSPS) is 22.4. The van der Waals surface area contributed by atoms with E-state index in [0.717, 1.165) is 35.5 Å². The van der Waals surface area contributed by atoms with Crippen molar-refractivity contribution in [3.8, 4) is 0 Å². The summed E-state index contributed by atoms with van der Waals surface area (Å²) in [5.74, 6) is -0.0248. The lowest BCUT2D eigenvalue weighted by atomic mass is 9.85. The lowest BCUT2D eigenvalue weighted by molar-refractivity contribution is -0.127. The van der Waals surface area contributed by atoms with Crippen LogP contribution in [-0.2, 0) is 16.6 Å². The summed E-state index contributed by atoms with van der Waals surface area (Å²) in [5.41, 5.74) is 7.59. The van der Waals surface area contributed by atoms with Crippen molar-refractivity contribution in [2.24, 2.45) is 0 Å². The van der Waals surface area contributed by atoms with Crippen LogP contribution in [0.5, 0.6) is 0 Å². The van der Waals surface area contributed by atoms with Crippen molar-refractivity contribution in [2.75, 3.05) is 10.7 Å². The fourth-order valence-corrected chi connectivity index (χ4v) is 5.28. The van der Waals surface area contributed by atoms with Crippen LogP contribution in [0.2, 0.25) is 0 Å². The van der Waals surface area contributed by atoms with Gasteiger partial charge in [-0.05, 0) is 65.8 Å². The number of hydrazine groups is 1. The topological polar surface area (TPSA) is 44.4 Å². The number of carbonyl (C=O) groups excluding carboxylic acids is 1. The average molecular weight is 428 g/mol. The van der Waals surface area contributed by atoms with Crippen molar-refractivity contribution in [3.05, 3.63) is 59.2 Å². The van der Waals surface area contributed by atoms with Crippen molar-refractivity contribution >= 4 is 17.3 Å². The maximum absolute atomic E-state index is 13.9. The third-order valence-electron chi connectivity index (χ3n) is 6.70. The molecule has 1 aliphatic heterocycles. The summed E-state index contributed by atoms with van der Waals surface area (Å²) >= 11 is 0. The van der Waals surface area contributed by atoms with Crippen LogP contribution in [0.4, 0.5) is 20.2 Å². The molecule has 2 atom stereocenters. The minimum atomic E-state index is -2.80. The summed E-state index contributed by atoms with van der Waals surface area (Å²) in [6, 6.07) is 12.4. The molecule has 1 amide bonds. The lowest BCUT2D eigenvalue weighted by Gasteiger charge is -2.29. The molecular weight excluding hydrogens is 396 g/mol. The first-order valence-corrected chi connectivity index (χ1v) is 11.2. The van der Waals surface area contributed by atoms with Crippen LogP contribution in [-0.4, -0.2) is 23.5 Å². The van der Waals surface area contributed by atoms with Gasteiger partial charge in [-0.1, -0.05) is 57.5 Å². The molecule has 0 aromatic heterocycles.